The minimum atomic E-state index is -0.551. The molecule has 8 aromatic rings. The number of nitrogens with zero attached hydrogens (tertiary/aromatic N) is 12. The van der Waals surface area contributed by atoms with Crippen molar-refractivity contribution in [3.8, 4) is 11.6 Å². The standard InChI is InChI=1S/2C26H29FN8O2/c1-4-24(36)30-19-5-6-23-20(13-19)17(2)16-34(23)25-21(27)14-28-26(32-25)31-22-15-29-35(18(22)3)8-7-33-9-11-37-12-10-33;1-4-24(36)29-19-5-6-23-20(13-19)17(2)15-35(23)25-21(27)14-28-26(31-25)30-22-16-34(32-18(22)3)8-7-33-9-11-37-12-10-33/h4-6,13-16H,1,7-12H2,2-3H3,(H,30,36)(H,28,31,32);4-6,13-16H,1,7-12H2,2-3H3,(H,29,36)(H,28,30,31). The van der Waals surface area contributed by atoms with Crippen LogP contribution in [0.2, 0.25) is 0 Å². The number of benzene rings is 2. The van der Waals surface area contributed by atoms with E-state index in [1.54, 1.807) is 27.5 Å². The van der Waals surface area contributed by atoms with Crippen LogP contribution in [0.1, 0.15) is 22.5 Å². The van der Waals surface area contributed by atoms with Gasteiger partial charge in [0, 0.05) is 80.0 Å². The van der Waals surface area contributed by atoms with Crippen LogP contribution in [-0.4, -0.2) is 136 Å². The van der Waals surface area contributed by atoms with Crippen molar-refractivity contribution < 1.29 is 27.8 Å². The molecule has 2 fully saturated rings. The third-order valence-electron chi connectivity index (χ3n) is 12.8. The molecule has 0 saturated carbocycles. The molecule has 10 rings (SSSR count). The molecule has 0 atom stereocenters. The summed E-state index contributed by atoms with van der Waals surface area (Å²) in [5.41, 5.74) is 7.85. The number of carbonyl (C=O) groups is 2. The Balaban J connectivity index is 0.000000182. The summed E-state index contributed by atoms with van der Waals surface area (Å²) in [7, 11) is 0. The van der Waals surface area contributed by atoms with Crippen molar-refractivity contribution in [2.75, 3.05) is 87.0 Å². The molecule has 384 valence electrons. The van der Waals surface area contributed by atoms with E-state index >= 15 is 0 Å². The van der Waals surface area contributed by atoms with E-state index < -0.39 is 11.6 Å². The Labute approximate surface area is 425 Å². The van der Waals surface area contributed by atoms with Crippen molar-refractivity contribution in [1.29, 1.82) is 0 Å². The molecule has 2 aliphatic heterocycles. The number of hydrogen-bond acceptors (Lipinski definition) is 14. The first-order chi connectivity index (χ1) is 35.8. The van der Waals surface area contributed by atoms with Crippen LogP contribution in [0, 0.1) is 39.3 Å². The fourth-order valence-electron chi connectivity index (χ4n) is 8.78. The number of rotatable bonds is 16. The van der Waals surface area contributed by atoms with Gasteiger partial charge in [-0.25, -0.2) is 18.7 Å². The minimum Gasteiger partial charge on any atom is -0.379 e. The minimum absolute atomic E-state index is 0.121. The smallest absolute Gasteiger partial charge is 0.247 e. The number of fused-ring (bicyclic) bond motifs is 2. The zero-order valence-corrected chi connectivity index (χ0v) is 41.7. The number of halogens is 2. The normalized spacial score (nSPS) is 14.1. The van der Waals surface area contributed by atoms with Crippen molar-refractivity contribution in [2.24, 2.45) is 0 Å². The topological polar surface area (TPSA) is 204 Å². The number of hydrogen-bond donors (Lipinski definition) is 4. The van der Waals surface area contributed by atoms with Gasteiger partial charge in [0.05, 0.1) is 91.9 Å². The molecule has 20 nitrogen and oxygen atoms in total. The van der Waals surface area contributed by atoms with Crippen LogP contribution in [0.25, 0.3) is 33.4 Å². The van der Waals surface area contributed by atoms with E-state index in [0.29, 0.717) is 11.4 Å². The molecular formula is C52H58F2N16O4. The Hall–Kier alpha value is -8.18. The molecule has 8 heterocycles. The SMILES string of the molecule is C=CC(=O)Nc1ccc2c(c1)c(C)cn2-c1nc(Nc2cn(CCN3CCOCC3)nc2C)ncc1F.C=CC(=O)Nc1ccc2c(c1)c(C)cn2-c1nc(Nc2cnn(CCN3CCOCC3)c2C)ncc1F. The van der Waals surface area contributed by atoms with Crippen molar-refractivity contribution in [3.63, 3.8) is 0 Å². The predicted molar refractivity (Wildman–Crippen MR) is 280 cm³/mol. The number of aromatic nitrogens is 10. The molecule has 2 aromatic carbocycles. The second-order valence-corrected chi connectivity index (χ2v) is 17.9. The first-order valence-corrected chi connectivity index (χ1v) is 24.2. The lowest BCUT2D eigenvalue weighted by molar-refractivity contribution is -0.112. The Bertz CT molecular complexity index is 3190. The van der Waals surface area contributed by atoms with Gasteiger partial charge in [0.25, 0.3) is 0 Å². The number of aryl methyl sites for hydroxylation is 3. The monoisotopic (exact) mass is 1010 g/mol. The highest BCUT2D eigenvalue weighted by molar-refractivity contribution is 6.01. The van der Waals surface area contributed by atoms with Crippen LogP contribution in [0.4, 0.5) is 43.4 Å². The van der Waals surface area contributed by atoms with Crippen LogP contribution in [0.5, 0.6) is 0 Å². The Kier molecular flexibility index (Phi) is 15.6. The van der Waals surface area contributed by atoms with Crippen molar-refractivity contribution in [2.45, 2.75) is 40.8 Å². The summed E-state index contributed by atoms with van der Waals surface area (Å²) >= 11 is 0. The maximum Gasteiger partial charge on any atom is 0.247 e. The first-order valence-electron chi connectivity index (χ1n) is 24.2. The third-order valence-corrected chi connectivity index (χ3v) is 12.8. The summed E-state index contributed by atoms with van der Waals surface area (Å²) in [6.07, 6.45) is 12.0. The largest absolute Gasteiger partial charge is 0.379 e. The summed E-state index contributed by atoms with van der Waals surface area (Å²) in [5.74, 6) is -0.925. The summed E-state index contributed by atoms with van der Waals surface area (Å²) in [4.78, 5) is 45.3. The second kappa shape index (κ2) is 22.7. The molecular weight excluding hydrogens is 951 g/mol. The van der Waals surface area contributed by atoms with Crippen LogP contribution in [-0.2, 0) is 32.2 Å². The van der Waals surface area contributed by atoms with E-state index in [1.165, 1.54) is 12.2 Å². The quantitative estimate of drug-likeness (QED) is 0.0711. The van der Waals surface area contributed by atoms with Crippen LogP contribution >= 0.6 is 0 Å². The predicted octanol–water partition coefficient (Wildman–Crippen LogP) is 7.15. The number of amides is 2. The van der Waals surface area contributed by atoms with Gasteiger partial charge in [0.15, 0.2) is 23.3 Å². The van der Waals surface area contributed by atoms with Crippen molar-refractivity contribution in [1.82, 2.24) is 58.4 Å². The van der Waals surface area contributed by atoms with Gasteiger partial charge in [0.2, 0.25) is 23.7 Å². The van der Waals surface area contributed by atoms with Gasteiger partial charge in [-0.1, -0.05) is 13.2 Å². The average Bonchev–Trinajstić information content (AvgIpc) is 4.15. The fourth-order valence-corrected chi connectivity index (χ4v) is 8.78. The van der Waals surface area contributed by atoms with E-state index in [0.717, 1.165) is 147 Å². The molecule has 2 aliphatic rings. The van der Waals surface area contributed by atoms with E-state index in [2.05, 4.69) is 74.4 Å². The summed E-state index contributed by atoms with van der Waals surface area (Å²) in [6, 6.07) is 10.8. The number of morpholine rings is 2. The van der Waals surface area contributed by atoms with E-state index in [4.69, 9.17) is 9.47 Å². The lowest BCUT2D eigenvalue weighted by Gasteiger charge is -2.26. The van der Waals surface area contributed by atoms with Crippen molar-refractivity contribution >= 4 is 68.3 Å². The lowest BCUT2D eigenvalue weighted by Crippen LogP contribution is -2.38. The molecule has 6 aromatic heterocycles. The van der Waals surface area contributed by atoms with E-state index in [-0.39, 0.29) is 35.3 Å². The number of nitrogens with one attached hydrogen (secondary N) is 4. The molecule has 0 spiro atoms. The van der Waals surface area contributed by atoms with Gasteiger partial charge in [-0.2, -0.15) is 20.2 Å². The summed E-state index contributed by atoms with van der Waals surface area (Å²) < 4.78 is 47.8. The first kappa shape index (κ1) is 50.7. The molecule has 0 bridgehead atoms. The maximum absolute atomic E-state index is 14.9. The molecule has 2 amide bonds. The van der Waals surface area contributed by atoms with Gasteiger partial charge >= 0.3 is 0 Å². The van der Waals surface area contributed by atoms with Gasteiger partial charge in [-0.05, 0) is 87.4 Å². The molecule has 74 heavy (non-hydrogen) atoms. The highest BCUT2D eigenvalue weighted by atomic mass is 19.1. The van der Waals surface area contributed by atoms with Crippen molar-refractivity contribution in [3.05, 3.63) is 133 Å². The average molecular weight is 1010 g/mol. The highest BCUT2D eigenvalue weighted by Gasteiger charge is 2.19. The lowest BCUT2D eigenvalue weighted by atomic mass is 10.2. The molecule has 0 aliphatic carbocycles. The van der Waals surface area contributed by atoms with Crippen LogP contribution in [0.15, 0.2) is 98.9 Å². The van der Waals surface area contributed by atoms with Gasteiger partial charge in [0.1, 0.15) is 0 Å². The maximum atomic E-state index is 14.9. The molecule has 2 saturated heterocycles. The second-order valence-electron chi connectivity index (χ2n) is 17.9. The van der Waals surface area contributed by atoms with Gasteiger partial charge in [-0.15, -0.1) is 0 Å². The Morgan fingerprint density at radius 3 is 1.64 bits per heavy atom. The Morgan fingerprint density at radius 1 is 0.649 bits per heavy atom. The van der Waals surface area contributed by atoms with Gasteiger partial charge in [-0.3, -0.25) is 37.9 Å². The molecule has 22 heteroatoms. The number of anilines is 6. The fraction of sp³-hybridized carbons (Fsp3) is 0.308. The third kappa shape index (κ3) is 11.7. The van der Waals surface area contributed by atoms with Gasteiger partial charge < -0.3 is 30.7 Å². The highest BCUT2D eigenvalue weighted by Crippen LogP contribution is 2.31. The van der Waals surface area contributed by atoms with Crippen LogP contribution < -0.4 is 21.3 Å². The molecule has 4 N–H and O–H groups in total. The number of ether oxygens (including phenoxy) is 2. The van der Waals surface area contributed by atoms with E-state index in [1.807, 2.05) is 79.9 Å². The van der Waals surface area contributed by atoms with Crippen LogP contribution in [0.3, 0.4) is 0 Å². The molecule has 0 radical (unpaired) electrons. The zero-order chi connectivity index (χ0) is 51.9. The molecule has 0 unspecified atom stereocenters. The zero-order valence-electron chi connectivity index (χ0n) is 41.7. The number of carbonyl (C=O) groups excluding carboxylic acids is 2. The summed E-state index contributed by atoms with van der Waals surface area (Å²) in [6.45, 7) is 24.7. The van der Waals surface area contributed by atoms with E-state index in [9.17, 15) is 18.4 Å². The Morgan fingerprint density at radius 2 is 1.14 bits per heavy atom. The summed E-state index contributed by atoms with van der Waals surface area (Å²) in [5, 5.41) is 22.7.